The highest BCUT2D eigenvalue weighted by Gasteiger charge is 2.26. The number of benzene rings is 2. The predicted octanol–water partition coefficient (Wildman–Crippen LogP) is 3.95. The molecular weight excluding hydrogens is 340 g/mol. The lowest BCUT2D eigenvalue weighted by Gasteiger charge is -2.23. The van der Waals surface area contributed by atoms with Gasteiger partial charge in [-0.15, -0.1) is 0 Å². The van der Waals surface area contributed by atoms with Crippen LogP contribution in [-0.2, 0) is 22.7 Å². The average molecular weight is 368 g/mol. The lowest BCUT2D eigenvalue weighted by Crippen LogP contribution is -2.50. The van der Waals surface area contributed by atoms with Gasteiger partial charge in [-0.25, -0.2) is 4.79 Å². The van der Waals surface area contributed by atoms with Crippen LogP contribution in [0.25, 0.3) is 0 Å². The zero-order valence-electron chi connectivity index (χ0n) is 16.2. The second kappa shape index (κ2) is 10.4. The molecule has 0 unspecified atom stereocenters. The van der Waals surface area contributed by atoms with Crippen molar-refractivity contribution >= 4 is 12.0 Å². The van der Waals surface area contributed by atoms with Gasteiger partial charge in [0.15, 0.2) is 0 Å². The summed E-state index contributed by atoms with van der Waals surface area (Å²) in [6.07, 6.45) is 0.178. The monoisotopic (exact) mass is 368 g/mol. The fraction of sp³-hybridized carbons (Fsp3) is 0.364. The minimum atomic E-state index is -0.637. The van der Waals surface area contributed by atoms with Gasteiger partial charge in [0.05, 0.1) is 0 Å². The van der Waals surface area contributed by atoms with Gasteiger partial charge in [-0.05, 0) is 29.5 Å². The molecule has 5 nitrogen and oxygen atoms in total. The van der Waals surface area contributed by atoms with Crippen LogP contribution in [0.3, 0.4) is 0 Å². The van der Waals surface area contributed by atoms with E-state index >= 15 is 0 Å². The van der Waals surface area contributed by atoms with Crippen molar-refractivity contribution in [3.63, 3.8) is 0 Å². The molecule has 0 bridgehead atoms. The molecule has 0 saturated carbocycles. The molecule has 2 aromatic rings. The average Bonchev–Trinajstić information content (AvgIpc) is 2.70. The van der Waals surface area contributed by atoms with Crippen molar-refractivity contribution in [1.29, 1.82) is 0 Å². The minimum Gasteiger partial charge on any atom is -0.445 e. The van der Waals surface area contributed by atoms with E-state index in [1.54, 1.807) is 0 Å². The van der Waals surface area contributed by atoms with Crippen LogP contribution >= 0.6 is 0 Å². The summed E-state index contributed by atoms with van der Waals surface area (Å²) in [7, 11) is 0. The molecule has 2 atom stereocenters. The number of rotatable bonds is 8. The lowest BCUT2D eigenvalue weighted by atomic mass is 9.98. The first-order valence-electron chi connectivity index (χ1n) is 9.30. The Bertz CT molecular complexity index is 746. The van der Waals surface area contributed by atoms with E-state index in [0.717, 1.165) is 23.1 Å². The standard InChI is InChI=1S/C22H28N2O3/c1-4-16(2)20(21(25)23-14-19-13-9-8-10-17(19)3)24-22(26)27-15-18-11-6-5-7-12-18/h5-13,16,20H,4,14-15H2,1-3H3,(H,23,25)(H,24,26)/t16-,20-/m0/s1. The normalized spacial score (nSPS) is 12.7. The van der Waals surface area contributed by atoms with Gasteiger partial charge >= 0.3 is 6.09 Å². The summed E-state index contributed by atoms with van der Waals surface area (Å²) in [6.45, 7) is 6.54. The van der Waals surface area contributed by atoms with Crippen LogP contribution in [0.5, 0.6) is 0 Å². The van der Waals surface area contributed by atoms with Crippen molar-refractivity contribution in [2.24, 2.45) is 5.92 Å². The number of aryl methyl sites for hydroxylation is 1. The van der Waals surface area contributed by atoms with E-state index in [1.165, 1.54) is 0 Å². The van der Waals surface area contributed by atoms with Gasteiger partial charge in [0, 0.05) is 6.54 Å². The third-order valence-electron chi connectivity index (χ3n) is 4.70. The molecule has 0 radical (unpaired) electrons. The van der Waals surface area contributed by atoms with Gasteiger partial charge in [-0.3, -0.25) is 4.79 Å². The summed E-state index contributed by atoms with van der Waals surface area (Å²) in [4.78, 5) is 24.8. The number of hydrogen-bond acceptors (Lipinski definition) is 3. The second-order valence-electron chi connectivity index (χ2n) is 6.71. The van der Waals surface area contributed by atoms with Crippen LogP contribution in [0.4, 0.5) is 4.79 Å². The number of carbonyl (C=O) groups is 2. The Morgan fingerprint density at radius 2 is 1.70 bits per heavy atom. The van der Waals surface area contributed by atoms with E-state index in [-0.39, 0.29) is 18.4 Å². The molecule has 144 valence electrons. The first-order chi connectivity index (χ1) is 13.0. The quantitative estimate of drug-likeness (QED) is 0.741. The molecule has 27 heavy (non-hydrogen) atoms. The SMILES string of the molecule is CC[C@H](C)[C@H](NC(=O)OCc1ccccc1)C(=O)NCc1ccccc1C. The number of hydrogen-bond donors (Lipinski definition) is 2. The van der Waals surface area contributed by atoms with Crippen LogP contribution < -0.4 is 10.6 Å². The molecule has 0 aliphatic carbocycles. The van der Waals surface area contributed by atoms with Crippen molar-refractivity contribution in [2.45, 2.75) is 46.4 Å². The van der Waals surface area contributed by atoms with Crippen molar-refractivity contribution in [1.82, 2.24) is 10.6 Å². The minimum absolute atomic E-state index is 0.00820. The molecule has 0 saturated heterocycles. The summed E-state index contributed by atoms with van der Waals surface area (Å²) >= 11 is 0. The molecule has 0 heterocycles. The van der Waals surface area contributed by atoms with Crippen LogP contribution in [-0.4, -0.2) is 18.0 Å². The Hall–Kier alpha value is -2.82. The van der Waals surface area contributed by atoms with Crippen molar-refractivity contribution in [2.75, 3.05) is 0 Å². The van der Waals surface area contributed by atoms with Gasteiger partial charge < -0.3 is 15.4 Å². The molecule has 0 spiro atoms. The number of carbonyl (C=O) groups excluding carboxylic acids is 2. The third kappa shape index (κ3) is 6.44. The molecule has 0 aromatic heterocycles. The first kappa shape index (κ1) is 20.5. The van der Waals surface area contributed by atoms with Crippen LogP contribution in [0, 0.1) is 12.8 Å². The smallest absolute Gasteiger partial charge is 0.408 e. The van der Waals surface area contributed by atoms with Gasteiger partial charge in [0.2, 0.25) is 5.91 Å². The zero-order chi connectivity index (χ0) is 19.6. The van der Waals surface area contributed by atoms with Gasteiger partial charge in [-0.1, -0.05) is 74.9 Å². The van der Waals surface area contributed by atoms with E-state index in [2.05, 4.69) is 10.6 Å². The second-order valence-corrected chi connectivity index (χ2v) is 6.71. The largest absolute Gasteiger partial charge is 0.445 e. The highest BCUT2D eigenvalue weighted by molar-refractivity contribution is 5.85. The highest BCUT2D eigenvalue weighted by Crippen LogP contribution is 2.11. The van der Waals surface area contributed by atoms with Crippen molar-refractivity contribution < 1.29 is 14.3 Å². The first-order valence-corrected chi connectivity index (χ1v) is 9.30. The maximum absolute atomic E-state index is 12.7. The van der Waals surface area contributed by atoms with Crippen molar-refractivity contribution in [3.05, 3.63) is 71.3 Å². The third-order valence-corrected chi connectivity index (χ3v) is 4.70. The topological polar surface area (TPSA) is 67.4 Å². The lowest BCUT2D eigenvalue weighted by molar-refractivity contribution is -0.124. The molecule has 0 fully saturated rings. The van der Waals surface area contributed by atoms with E-state index in [1.807, 2.05) is 75.4 Å². The fourth-order valence-electron chi connectivity index (χ4n) is 2.69. The number of ether oxygens (including phenoxy) is 1. The Kier molecular flexibility index (Phi) is 7.86. The highest BCUT2D eigenvalue weighted by atomic mass is 16.5. The summed E-state index contributed by atoms with van der Waals surface area (Å²) in [5.74, 6) is -0.213. The number of nitrogens with one attached hydrogen (secondary N) is 2. The number of alkyl carbamates (subject to hydrolysis) is 1. The molecular formula is C22H28N2O3. The maximum atomic E-state index is 12.7. The van der Waals surface area contributed by atoms with E-state index in [9.17, 15) is 9.59 Å². The van der Waals surface area contributed by atoms with Crippen molar-refractivity contribution in [3.8, 4) is 0 Å². The Morgan fingerprint density at radius 3 is 2.37 bits per heavy atom. The summed E-state index contributed by atoms with van der Waals surface area (Å²) < 4.78 is 5.26. The molecule has 2 N–H and O–H groups in total. The molecule has 2 amide bonds. The van der Waals surface area contributed by atoms with Gasteiger partial charge in [-0.2, -0.15) is 0 Å². The van der Waals surface area contributed by atoms with Crippen LogP contribution in [0.1, 0.15) is 37.0 Å². The van der Waals surface area contributed by atoms with E-state index in [4.69, 9.17) is 4.74 Å². The molecule has 2 aromatic carbocycles. The maximum Gasteiger partial charge on any atom is 0.408 e. The van der Waals surface area contributed by atoms with Gasteiger partial charge in [0.1, 0.15) is 12.6 Å². The fourth-order valence-corrected chi connectivity index (χ4v) is 2.69. The zero-order valence-corrected chi connectivity index (χ0v) is 16.2. The van der Waals surface area contributed by atoms with Crippen LogP contribution in [0.15, 0.2) is 54.6 Å². The van der Waals surface area contributed by atoms with Gasteiger partial charge in [0.25, 0.3) is 0 Å². The molecule has 0 aliphatic rings. The Morgan fingerprint density at radius 1 is 1.04 bits per heavy atom. The molecule has 5 heteroatoms. The Balaban J connectivity index is 1.92. The summed E-state index contributed by atoms with van der Waals surface area (Å²) in [6, 6.07) is 16.7. The van der Waals surface area contributed by atoms with E-state index in [0.29, 0.717) is 6.54 Å². The predicted molar refractivity (Wildman–Crippen MR) is 106 cm³/mol. The molecule has 2 rings (SSSR count). The number of amides is 2. The van der Waals surface area contributed by atoms with Crippen LogP contribution in [0.2, 0.25) is 0 Å². The Labute approximate surface area is 161 Å². The summed E-state index contributed by atoms with van der Waals surface area (Å²) in [5.41, 5.74) is 3.07. The molecule has 0 aliphatic heterocycles. The van der Waals surface area contributed by atoms with E-state index < -0.39 is 12.1 Å². The summed E-state index contributed by atoms with van der Waals surface area (Å²) in [5, 5.41) is 5.64.